The second-order valence-corrected chi connectivity index (χ2v) is 5.18. The van der Waals surface area contributed by atoms with Gasteiger partial charge in [0.15, 0.2) is 12.1 Å². The molecule has 0 aromatic carbocycles. The molecule has 0 saturated carbocycles. The van der Waals surface area contributed by atoms with Crippen molar-refractivity contribution in [2.45, 2.75) is 6.92 Å². The van der Waals surface area contributed by atoms with E-state index in [0.29, 0.717) is 11.4 Å². The Kier molecular flexibility index (Phi) is 2.97. The van der Waals surface area contributed by atoms with Gasteiger partial charge in [0.2, 0.25) is 0 Å². The lowest BCUT2D eigenvalue weighted by Crippen LogP contribution is -1.96. The first kappa shape index (κ1) is 13.3. The summed E-state index contributed by atoms with van der Waals surface area (Å²) in [5.74, 6) is 1.42. The summed E-state index contributed by atoms with van der Waals surface area (Å²) in [7, 11) is 0. The van der Waals surface area contributed by atoms with Crippen LogP contribution in [0, 0.1) is 6.92 Å². The molecule has 4 aromatic rings. The minimum atomic E-state index is 0.555. The molecule has 0 aliphatic rings. The van der Waals surface area contributed by atoms with Crippen LogP contribution in [0.15, 0.2) is 43.0 Å². The highest BCUT2D eigenvalue weighted by molar-refractivity contribution is 5.85. The minimum absolute atomic E-state index is 0.555. The fraction of sp³-hybridized carbons (Fsp3) is 0.0625. The normalized spacial score (nSPS) is 11.0. The Hall–Kier alpha value is -3.35. The van der Waals surface area contributed by atoms with Crippen molar-refractivity contribution in [3.05, 3.63) is 54.4 Å². The van der Waals surface area contributed by atoms with Crippen LogP contribution in [0.25, 0.3) is 28.1 Å². The second kappa shape index (κ2) is 5.13. The number of carbonyl (C=O) groups excluding carboxylic acids is 1. The van der Waals surface area contributed by atoms with Crippen molar-refractivity contribution < 1.29 is 4.79 Å². The van der Waals surface area contributed by atoms with Crippen LogP contribution in [0.4, 0.5) is 0 Å². The Labute approximate surface area is 131 Å². The molecular weight excluding hydrogens is 292 g/mol. The van der Waals surface area contributed by atoms with Gasteiger partial charge in [0, 0.05) is 35.1 Å². The maximum absolute atomic E-state index is 10.9. The summed E-state index contributed by atoms with van der Waals surface area (Å²) in [4.78, 5) is 22.6. The second-order valence-electron chi connectivity index (χ2n) is 5.18. The maximum Gasteiger partial charge on any atom is 0.162 e. The minimum Gasteiger partial charge on any atom is -0.325 e. The Morgan fingerprint density at radius 1 is 1.17 bits per heavy atom. The number of aldehydes is 1. The van der Waals surface area contributed by atoms with Crippen molar-refractivity contribution in [3.8, 4) is 17.1 Å². The van der Waals surface area contributed by atoms with Crippen molar-refractivity contribution in [1.29, 1.82) is 0 Å². The smallest absolute Gasteiger partial charge is 0.162 e. The molecule has 1 N–H and O–H groups in total. The predicted molar refractivity (Wildman–Crippen MR) is 84.4 cm³/mol. The van der Waals surface area contributed by atoms with Gasteiger partial charge in [0.05, 0.1) is 11.9 Å². The molecule has 0 spiro atoms. The van der Waals surface area contributed by atoms with Crippen molar-refractivity contribution in [1.82, 2.24) is 29.7 Å². The molecule has 0 aliphatic heterocycles. The molecule has 0 aliphatic carbocycles. The molecule has 0 atom stereocenters. The van der Waals surface area contributed by atoms with Gasteiger partial charge in [0.1, 0.15) is 11.5 Å². The van der Waals surface area contributed by atoms with Crippen LogP contribution in [0.3, 0.4) is 0 Å². The highest BCUT2D eigenvalue weighted by Gasteiger charge is 2.09. The number of hydrogen-bond acceptors (Lipinski definition) is 5. The van der Waals surface area contributed by atoms with Crippen molar-refractivity contribution in [3.63, 3.8) is 0 Å². The monoisotopic (exact) mass is 304 g/mol. The van der Waals surface area contributed by atoms with Gasteiger partial charge >= 0.3 is 0 Å². The summed E-state index contributed by atoms with van der Waals surface area (Å²) < 4.78 is 1.92. The van der Waals surface area contributed by atoms with E-state index in [1.54, 1.807) is 18.6 Å². The summed E-state index contributed by atoms with van der Waals surface area (Å²) in [6.07, 6.45) is 7.73. The Morgan fingerprint density at radius 2 is 2.09 bits per heavy atom. The van der Waals surface area contributed by atoms with E-state index in [9.17, 15) is 4.79 Å². The third-order valence-electron chi connectivity index (χ3n) is 3.56. The largest absolute Gasteiger partial charge is 0.325 e. The van der Waals surface area contributed by atoms with E-state index >= 15 is 0 Å². The number of aryl methyl sites for hydroxylation is 1. The lowest BCUT2D eigenvalue weighted by molar-refractivity contribution is 0.112. The predicted octanol–water partition coefficient (Wildman–Crippen LogP) is 2.33. The highest BCUT2D eigenvalue weighted by Crippen LogP contribution is 2.22. The van der Waals surface area contributed by atoms with E-state index in [-0.39, 0.29) is 0 Å². The van der Waals surface area contributed by atoms with Crippen molar-refractivity contribution >= 4 is 17.3 Å². The number of fused-ring (bicyclic) bond motifs is 1. The van der Waals surface area contributed by atoms with Gasteiger partial charge in [-0.15, -0.1) is 10.2 Å². The first-order chi connectivity index (χ1) is 11.2. The number of rotatable bonds is 3. The number of aromatic amines is 1. The quantitative estimate of drug-likeness (QED) is 0.587. The molecule has 0 unspecified atom stereocenters. The van der Waals surface area contributed by atoms with Crippen LogP contribution >= 0.6 is 0 Å². The molecule has 7 heteroatoms. The molecule has 112 valence electrons. The fourth-order valence-corrected chi connectivity index (χ4v) is 2.48. The van der Waals surface area contributed by atoms with E-state index in [0.717, 1.165) is 34.4 Å². The van der Waals surface area contributed by atoms with Gasteiger partial charge in [0.25, 0.3) is 0 Å². The molecular formula is C16H12N6O. The van der Waals surface area contributed by atoms with Crippen molar-refractivity contribution in [2.24, 2.45) is 0 Å². The standard InChI is InChI=1S/C16H12N6O/c1-10-19-15(21-20-10)13-5-14(8-17-7-13)22-3-2-12-4-11(9-23)6-18-16(12)22/h2-9H,1H3,(H,19,20,21). The molecule has 0 fully saturated rings. The van der Waals surface area contributed by atoms with E-state index < -0.39 is 0 Å². The average Bonchev–Trinajstić information content (AvgIpc) is 3.20. The summed E-state index contributed by atoms with van der Waals surface area (Å²) >= 11 is 0. The number of H-pyrrole nitrogens is 1. The zero-order valence-electron chi connectivity index (χ0n) is 12.3. The first-order valence-corrected chi connectivity index (χ1v) is 7.02. The summed E-state index contributed by atoms with van der Waals surface area (Å²) in [5, 5.41) is 8.95. The van der Waals surface area contributed by atoms with Crippen LogP contribution in [0.5, 0.6) is 0 Å². The summed E-state index contributed by atoms with van der Waals surface area (Å²) in [6, 6.07) is 5.69. The average molecular weight is 304 g/mol. The molecule has 0 amide bonds. The van der Waals surface area contributed by atoms with Gasteiger partial charge in [-0.1, -0.05) is 0 Å². The molecule has 4 aromatic heterocycles. The van der Waals surface area contributed by atoms with Crippen LogP contribution in [0.1, 0.15) is 16.2 Å². The topological polar surface area (TPSA) is 89.3 Å². The molecule has 4 heterocycles. The molecule has 4 rings (SSSR count). The molecule has 0 radical (unpaired) electrons. The molecule has 0 bridgehead atoms. The lowest BCUT2D eigenvalue weighted by Gasteiger charge is -2.05. The number of aromatic nitrogens is 6. The molecule has 23 heavy (non-hydrogen) atoms. The van der Waals surface area contributed by atoms with Crippen LogP contribution in [-0.4, -0.2) is 36.0 Å². The summed E-state index contributed by atoms with van der Waals surface area (Å²) in [6.45, 7) is 1.85. The Morgan fingerprint density at radius 3 is 2.87 bits per heavy atom. The molecule has 7 nitrogen and oxygen atoms in total. The number of pyridine rings is 2. The van der Waals surface area contributed by atoms with Crippen LogP contribution in [0.2, 0.25) is 0 Å². The highest BCUT2D eigenvalue weighted by atomic mass is 16.1. The van der Waals surface area contributed by atoms with Gasteiger partial charge in [-0.25, -0.2) is 4.98 Å². The van der Waals surface area contributed by atoms with Gasteiger partial charge in [-0.3, -0.25) is 14.3 Å². The van der Waals surface area contributed by atoms with E-state index in [2.05, 4.69) is 25.1 Å². The lowest BCUT2D eigenvalue weighted by atomic mass is 10.2. The Bertz CT molecular complexity index is 1020. The zero-order valence-corrected chi connectivity index (χ0v) is 12.3. The molecule has 0 saturated heterocycles. The first-order valence-electron chi connectivity index (χ1n) is 7.02. The SMILES string of the molecule is Cc1nnc(-c2cncc(-n3ccc4cc(C=O)cnc43)c2)[nH]1. The van der Waals surface area contributed by atoms with Crippen LogP contribution in [-0.2, 0) is 0 Å². The van der Waals surface area contributed by atoms with Gasteiger partial charge < -0.3 is 4.98 Å². The van der Waals surface area contributed by atoms with Gasteiger partial charge in [-0.2, -0.15) is 0 Å². The number of nitrogens with one attached hydrogen (secondary N) is 1. The Balaban J connectivity index is 1.83. The van der Waals surface area contributed by atoms with E-state index in [4.69, 9.17) is 0 Å². The van der Waals surface area contributed by atoms with Crippen LogP contribution < -0.4 is 0 Å². The number of hydrogen-bond donors (Lipinski definition) is 1. The third kappa shape index (κ3) is 2.28. The van der Waals surface area contributed by atoms with E-state index in [1.165, 1.54) is 0 Å². The number of carbonyl (C=O) groups is 1. The summed E-state index contributed by atoms with van der Waals surface area (Å²) in [5.41, 5.74) is 3.02. The fourth-order valence-electron chi connectivity index (χ4n) is 2.48. The zero-order chi connectivity index (χ0) is 15.8. The number of nitrogens with zero attached hydrogens (tertiary/aromatic N) is 5. The van der Waals surface area contributed by atoms with E-state index in [1.807, 2.05) is 35.9 Å². The van der Waals surface area contributed by atoms with Gasteiger partial charge in [-0.05, 0) is 25.1 Å². The third-order valence-corrected chi connectivity index (χ3v) is 3.56. The van der Waals surface area contributed by atoms with Crippen molar-refractivity contribution in [2.75, 3.05) is 0 Å². The maximum atomic E-state index is 10.9.